The van der Waals surface area contributed by atoms with Crippen molar-refractivity contribution in [3.63, 3.8) is 0 Å². The summed E-state index contributed by atoms with van der Waals surface area (Å²) in [5.41, 5.74) is 0.216. The van der Waals surface area contributed by atoms with Crippen LogP contribution in [0.3, 0.4) is 0 Å². The second kappa shape index (κ2) is 5.69. The SMILES string of the molecule is COc1ccc(C(=O)N2CCCNC(=O)C2)cc1F. The number of methoxy groups -OCH3 is 1. The monoisotopic (exact) mass is 266 g/mol. The zero-order valence-electron chi connectivity index (χ0n) is 10.6. The summed E-state index contributed by atoms with van der Waals surface area (Å²) in [6, 6.07) is 4.03. The van der Waals surface area contributed by atoms with Crippen LogP contribution >= 0.6 is 0 Å². The second-order valence-electron chi connectivity index (χ2n) is 4.28. The molecule has 0 saturated carbocycles. The van der Waals surface area contributed by atoms with E-state index < -0.39 is 5.82 Å². The maximum Gasteiger partial charge on any atom is 0.254 e. The molecule has 1 saturated heterocycles. The highest BCUT2D eigenvalue weighted by Crippen LogP contribution is 2.19. The number of halogens is 1. The van der Waals surface area contributed by atoms with Crippen molar-refractivity contribution in [1.82, 2.24) is 10.2 Å². The Hall–Kier alpha value is -2.11. The van der Waals surface area contributed by atoms with E-state index in [0.29, 0.717) is 19.5 Å². The van der Waals surface area contributed by atoms with Crippen LogP contribution in [0.2, 0.25) is 0 Å². The van der Waals surface area contributed by atoms with E-state index in [2.05, 4.69) is 5.32 Å². The van der Waals surface area contributed by atoms with E-state index in [4.69, 9.17) is 4.74 Å². The molecule has 19 heavy (non-hydrogen) atoms. The van der Waals surface area contributed by atoms with Gasteiger partial charge in [-0.15, -0.1) is 0 Å². The molecule has 2 amide bonds. The molecule has 102 valence electrons. The molecule has 0 aromatic heterocycles. The van der Waals surface area contributed by atoms with Crippen LogP contribution in [0.5, 0.6) is 5.75 Å². The van der Waals surface area contributed by atoms with Crippen molar-refractivity contribution < 1.29 is 18.7 Å². The fourth-order valence-corrected chi connectivity index (χ4v) is 1.96. The first kappa shape index (κ1) is 13.3. The largest absolute Gasteiger partial charge is 0.494 e. The van der Waals surface area contributed by atoms with Gasteiger partial charge < -0.3 is 15.0 Å². The maximum absolute atomic E-state index is 13.6. The Morgan fingerprint density at radius 2 is 2.26 bits per heavy atom. The summed E-state index contributed by atoms with van der Waals surface area (Å²) in [6.07, 6.45) is 0.691. The van der Waals surface area contributed by atoms with Crippen LogP contribution in [0, 0.1) is 5.82 Å². The number of ether oxygens (including phenoxy) is 1. The van der Waals surface area contributed by atoms with Crippen LogP contribution in [0.25, 0.3) is 0 Å². The third-order valence-electron chi connectivity index (χ3n) is 2.95. The van der Waals surface area contributed by atoms with Gasteiger partial charge in [0.05, 0.1) is 13.7 Å². The highest BCUT2D eigenvalue weighted by molar-refractivity contribution is 5.96. The van der Waals surface area contributed by atoms with Crippen molar-refractivity contribution in [3.8, 4) is 5.75 Å². The topological polar surface area (TPSA) is 58.6 Å². The number of amides is 2. The molecule has 2 rings (SSSR count). The summed E-state index contributed by atoms with van der Waals surface area (Å²) in [6.45, 7) is 1.04. The molecule has 0 radical (unpaired) electrons. The molecule has 0 spiro atoms. The summed E-state index contributed by atoms with van der Waals surface area (Å²) in [7, 11) is 1.36. The van der Waals surface area contributed by atoms with Gasteiger partial charge in [0.15, 0.2) is 11.6 Å². The van der Waals surface area contributed by atoms with Crippen LogP contribution < -0.4 is 10.1 Å². The van der Waals surface area contributed by atoms with Crippen molar-refractivity contribution in [2.45, 2.75) is 6.42 Å². The highest BCUT2D eigenvalue weighted by atomic mass is 19.1. The zero-order chi connectivity index (χ0) is 13.8. The van der Waals surface area contributed by atoms with Crippen LogP contribution in [-0.2, 0) is 4.79 Å². The van der Waals surface area contributed by atoms with Gasteiger partial charge in [-0.2, -0.15) is 0 Å². The molecule has 1 fully saturated rings. The van der Waals surface area contributed by atoms with Crippen LogP contribution in [0.1, 0.15) is 16.8 Å². The Morgan fingerprint density at radius 1 is 1.47 bits per heavy atom. The number of hydrogen-bond acceptors (Lipinski definition) is 3. The fourth-order valence-electron chi connectivity index (χ4n) is 1.96. The number of rotatable bonds is 2. The lowest BCUT2D eigenvalue weighted by atomic mass is 10.1. The molecule has 1 aromatic carbocycles. The summed E-state index contributed by atoms with van der Waals surface area (Å²) in [5, 5.41) is 2.68. The number of nitrogens with one attached hydrogen (secondary N) is 1. The lowest BCUT2D eigenvalue weighted by Crippen LogP contribution is -2.37. The summed E-state index contributed by atoms with van der Waals surface area (Å²) in [4.78, 5) is 25.0. The molecular formula is C13H15FN2O3. The number of nitrogens with zero attached hydrogens (tertiary/aromatic N) is 1. The van der Waals surface area contributed by atoms with Crippen molar-refractivity contribution in [2.24, 2.45) is 0 Å². The average Bonchev–Trinajstić information content (AvgIpc) is 2.62. The zero-order valence-corrected chi connectivity index (χ0v) is 10.6. The van der Waals surface area contributed by atoms with Gasteiger partial charge in [-0.05, 0) is 24.6 Å². The number of carbonyl (C=O) groups is 2. The molecular weight excluding hydrogens is 251 g/mol. The van der Waals surface area contributed by atoms with E-state index in [9.17, 15) is 14.0 Å². The lowest BCUT2D eigenvalue weighted by molar-refractivity contribution is -0.121. The molecule has 5 nitrogen and oxygen atoms in total. The molecule has 1 aromatic rings. The Morgan fingerprint density at radius 3 is 2.95 bits per heavy atom. The van der Waals surface area contributed by atoms with Gasteiger partial charge in [0.1, 0.15) is 0 Å². The van der Waals surface area contributed by atoms with Crippen LogP contribution in [-0.4, -0.2) is 43.5 Å². The lowest BCUT2D eigenvalue weighted by Gasteiger charge is -2.19. The van der Waals surface area contributed by atoms with Gasteiger partial charge in [0, 0.05) is 18.7 Å². The number of hydrogen-bond donors (Lipinski definition) is 1. The molecule has 0 unspecified atom stereocenters. The first-order chi connectivity index (χ1) is 9.11. The van der Waals surface area contributed by atoms with E-state index in [1.807, 2.05) is 0 Å². The molecule has 0 atom stereocenters. The van der Waals surface area contributed by atoms with E-state index in [1.165, 1.54) is 24.1 Å². The van der Waals surface area contributed by atoms with E-state index >= 15 is 0 Å². The minimum Gasteiger partial charge on any atom is -0.494 e. The Bertz CT molecular complexity index is 505. The molecule has 1 N–H and O–H groups in total. The molecule has 0 bridgehead atoms. The Kier molecular flexibility index (Phi) is 3.99. The van der Waals surface area contributed by atoms with Crippen LogP contribution in [0.4, 0.5) is 4.39 Å². The van der Waals surface area contributed by atoms with Crippen molar-refractivity contribution >= 4 is 11.8 Å². The van der Waals surface area contributed by atoms with E-state index in [1.54, 1.807) is 0 Å². The van der Waals surface area contributed by atoms with Gasteiger partial charge >= 0.3 is 0 Å². The molecule has 1 aliphatic heterocycles. The van der Waals surface area contributed by atoms with Gasteiger partial charge in [0.2, 0.25) is 5.91 Å². The summed E-state index contributed by atoms with van der Waals surface area (Å²) >= 11 is 0. The van der Waals surface area contributed by atoms with Crippen LogP contribution in [0.15, 0.2) is 18.2 Å². The van der Waals surface area contributed by atoms with E-state index in [0.717, 1.165) is 6.07 Å². The molecule has 1 aliphatic rings. The molecule has 0 aliphatic carbocycles. The van der Waals surface area contributed by atoms with Gasteiger partial charge in [-0.3, -0.25) is 9.59 Å². The van der Waals surface area contributed by atoms with Crippen molar-refractivity contribution in [2.75, 3.05) is 26.7 Å². The minimum absolute atomic E-state index is 0.00643. The average molecular weight is 266 g/mol. The van der Waals surface area contributed by atoms with Crippen molar-refractivity contribution in [3.05, 3.63) is 29.6 Å². The fraction of sp³-hybridized carbons (Fsp3) is 0.385. The summed E-state index contributed by atoms with van der Waals surface area (Å²) < 4.78 is 18.4. The predicted octanol–water partition coefficient (Wildman–Crippen LogP) is 0.796. The molecule has 1 heterocycles. The first-order valence-electron chi connectivity index (χ1n) is 6.01. The second-order valence-corrected chi connectivity index (χ2v) is 4.28. The Balaban J connectivity index is 2.18. The van der Waals surface area contributed by atoms with Gasteiger partial charge in [-0.25, -0.2) is 4.39 Å². The third kappa shape index (κ3) is 3.01. The maximum atomic E-state index is 13.6. The van der Waals surface area contributed by atoms with Gasteiger partial charge in [-0.1, -0.05) is 0 Å². The molecule has 6 heteroatoms. The number of carbonyl (C=O) groups excluding carboxylic acids is 2. The Labute approximate surface area is 110 Å². The predicted molar refractivity (Wildman–Crippen MR) is 66.5 cm³/mol. The summed E-state index contributed by atoms with van der Waals surface area (Å²) in [5.74, 6) is -1.05. The number of benzene rings is 1. The highest BCUT2D eigenvalue weighted by Gasteiger charge is 2.21. The first-order valence-corrected chi connectivity index (χ1v) is 6.01. The third-order valence-corrected chi connectivity index (χ3v) is 2.95. The quantitative estimate of drug-likeness (QED) is 0.861. The van der Waals surface area contributed by atoms with Gasteiger partial charge in [0.25, 0.3) is 5.91 Å². The van der Waals surface area contributed by atoms with E-state index in [-0.39, 0.29) is 29.7 Å². The normalized spacial score (nSPS) is 15.7. The smallest absolute Gasteiger partial charge is 0.254 e. The minimum atomic E-state index is -0.590. The van der Waals surface area contributed by atoms with Crippen molar-refractivity contribution in [1.29, 1.82) is 0 Å². The standard InChI is InChI=1S/C13H15FN2O3/c1-19-11-4-3-9(7-10(11)14)13(18)16-6-2-5-15-12(17)8-16/h3-4,7H,2,5-6,8H2,1H3,(H,15,17).